The van der Waals surface area contributed by atoms with Crippen molar-refractivity contribution in [1.29, 1.82) is 5.26 Å². The molecule has 16 heavy (non-hydrogen) atoms. The Labute approximate surface area is 98.2 Å². The standard InChI is InChI=1S/C13H22N2O/c1-12(2)8-6-5-7-10(12)15-11(16)13(3,4)9-14/h10H,5-8H2,1-4H3,(H,15,16). The van der Waals surface area contributed by atoms with Gasteiger partial charge >= 0.3 is 0 Å². The highest BCUT2D eigenvalue weighted by Gasteiger charge is 2.36. The highest BCUT2D eigenvalue weighted by molar-refractivity contribution is 5.84. The lowest BCUT2D eigenvalue weighted by Gasteiger charge is -2.39. The topological polar surface area (TPSA) is 52.9 Å². The second-order valence-electron chi connectivity index (χ2n) is 6.00. The fourth-order valence-electron chi connectivity index (χ4n) is 2.15. The molecule has 1 unspecified atom stereocenters. The Bertz CT molecular complexity index is 312. The Morgan fingerprint density at radius 1 is 1.44 bits per heavy atom. The maximum absolute atomic E-state index is 11.9. The Balaban J connectivity index is 2.67. The Morgan fingerprint density at radius 3 is 2.56 bits per heavy atom. The molecule has 0 aromatic rings. The smallest absolute Gasteiger partial charge is 0.240 e. The number of nitriles is 1. The average molecular weight is 222 g/mol. The molecule has 1 amide bonds. The molecule has 0 bridgehead atoms. The highest BCUT2D eigenvalue weighted by atomic mass is 16.2. The van der Waals surface area contributed by atoms with Crippen LogP contribution in [0.4, 0.5) is 0 Å². The summed E-state index contributed by atoms with van der Waals surface area (Å²) in [6.45, 7) is 7.71. The van der Waals surface area contributed by atoms with E-state index in [4.69, 9.17) is 5.26 Å². The first kappa shape index (κ1) is 13.0. The van der Waals surface area contributed by atoms with Crippen molar-refractivity contribution in [2.45, 2.75) is 59.4 Å². The van der Waals surface area contributed by atoms with E-state index in [1.807, 2.05) is 6.07 Å². The van der Waals surface area contributed by atoms with Gasteiger partial charge in [0.05, 0.1) is 6.07 Å². The van der Waals surface area contributed by atoms with Gasteiger partial charge in [0, 0.05) is 6.04 Å². The van der Waals surface area contributed by atoms with Crippen molar-refractivity contribution in [1.82, 2.24) is 5.32 Å². The lowest BCUT2D eigenvalue weighted by molar-refractivity contribution is -0.128. The molecule has 90 valence electrons. The molecule has 0 aromatic heterocycles. The molecule has 1 rings (SSSR count). The number of hydrogen-bond donors (Lipinski definition) is 1. The van der Waals surface area contributed by atoms with E-state index in [0.717, 1.165) is 12.8 Å². The number of rotatable bonds is 2. The molecule has 0 saturated heterocycles. The van der Waals surface area contributed by atoms with E-state index in [1.165, 1.54) is 12.8 Å². The van der Waals surface area contributed by atoms with Gasteiger partial charge in [-0.05, 0) is 32.1 Å². The highest BCUT2D eigenvalue weighted by Crippen LogP contribution is 2.35. The summed E-state index contributed by atoms with van der Waals surface area (Å²) in [6.07, 6.45) is 4.58. The molecule has 0 spiro atoms. The fourth-order valence-corrected chi connectivity index (χ4v) is 2.15. The lowest BCUT2D eigenvalue weighted by Crippen LogP contribution is -2.50. The molecule has 1 fully saturated rings. The number of nitrogens with one attached hydrogen (secondary N) is 1. The molecule has 0 radical (unpaired) electrons. The van der Waals surface area contributed by atoms with Crippen molar-refractivity contribution >= 4 is 5.91 Å². The number of carbonyl (C=O) groups excluding carboxylic acids is 1. The number of carbonyl (C=O) groups is 1. The van der Waals surface area contributed by atoms with Gasteiger partial charge in [-0.1, -0.05) is 26.7 Å². The summed E-state index contributed by atoms with van der Waals surface area (Å²) in [5.74, 6) is -0.144. The van der Waals surface area contributed by atoms with Crippen LogP contribution in [0.1, 0.15) is 53.4 Å². The third-order valence-corrected chi connectivity index (χ3v) is 3.66. The maximum atomic E-state index is 11.9. The molecule has 3 heteroatoms. The molecular formula is C13H22N2O. The van der Waals surface area contributed by atoms with Gasteiger partial charge in [0.15, 0.2) is 0 Å². The van der Waals surface area contributed by atoms with Crippen LogP contribution in [0, 0.1) is 22.2 Å². The first-order valence-electron chi connectivity index (χ1n) is 6.02. The molecule has 1 N–H and O–H groups in total. The van der Waals surface area contributed by atoms with E-state index in [2.05, 4.69) is 19.2 Å². The Kier molecular flexibility index (Phi) is 3.62. The number of hydrogen-bond acceptors (Lipinski definition) is 2. The van der Waals surface area contributed by atoms with Gasteiger partial charge in [0.25, 0.3) is 0 Å². The van der Waals surface area contributed by atoms with Gasteiger partial charge in [-0.25, -0.2) is 0 Å². The van der Waals surface area contributed by atoms with Crippen LogP contribution in [0.15, 0.2) is 0 Å². The average Bonchev–Trinajstić information content (AvgIpc) is 2.21. The fraction of sp³-hybridized carbons (Fsp3) is 0.846. The summed E-state index contributed by atoms with van der Waals surface area (Å²) in [4.78, 5) is 11.9. The number of nitrogens with zero attached hydrogens (tertiary/aromatic N) is 1. The van der Waals surface area contributed by atoms with Crippen LogP contribution in [0.25, 0.3) is 0 Å². The SMILES string of the molecule is CC(C)(C#N)C(=O)NC1CCCCC1(C)C. The Hall–Kier alpha value is -1.04. The van der Waals surface area contributed by atoms with Crippen LogP contribution < -0.4 is 5.32 Å². The van der Waals surface area contributed by atoms with Gasteiger partial charge in [0.1, 0.15) is 5.41 Å². The lowest BCUT2D eigenvalue weighted by atomic mass is 9.73. The molecular weight excluding hydrogens is 200 g/mol. The van der Waals surface area contributed by atoms with Crippen molar-refractivity contribution in [2.24, 2.45) is 10.8 Å². The summed E-state index contributed by atoms with van der Waals surface area (Å²) >= 11 is 0. The monoisotopic (exact) mass is 222 g/mol. The van der Waals surface area contributed by atoms with Gasteiger partial charge in [-0.15, -0.1) is 0 Å². The third kappa shape index (κ3) is 2.75. The van der Waals surface area contributed by atoms with Gasteiger partial charge in [-0.3, -0.25) is 4.79 Å². The van der Waals surface area contributed by atoms with Crippen molar-refractivity contribution < 1.29 is 4.79 Å². The zero-order valence-electron chi connectivity index (χ0n) is 10.8. The molecule has 0 aromatic carbocycles. The second kappa shape index (κ2) is 4.45. The molecule has 0 aliphatic heterocycles. The van der Waals surface area contributed by atoms with Crippen LogP contribution in [0.3, 0.4) is 0 Å². The molecule has 0 heterocycles. The van der Waals surface area contributed by atoms with Crippen LogP contribution in [0.5, 0.6) is 0 Å². The van der Waals surface area contributed by atoms with Gasteiger partial charge in [-0.2, -0.15) is 5.26 Å². The Morgan fingerprint density at radius 2 is 2.06 bits per heavy atom. The summed E-state index contributed by atoms with van der Waals surface area (Å²) < 4.78 is 0. The van der Waals surface area contributed by atoms with E-state index in [0.29, 0.717) is 0 Å². The molecule has 1 aliphatic carbocycles. The second-order valence-corrected chi connectivity index (χ2v) is 6.00. The quantitative estimate of drug-likeness (QED) is 0.780. The minimum Gasteiger partial charge on any atom is -0.351 e. The maximum Gasteiger partial charge on any atom is 0.240 e. The predicted molar refractivity (Wildman–Crippen MR) is 63.6 cm³/mol. The zero-order chi connectivity index (χ0) is 12.4. The zero-order valence-corrected chi connectivity index (χ0v) is 10.8. The van der Waals surface area contributed by atoms with Gasteiger partial charge in [0.2, 0.25) is 5.91 Å². The van der Waals surface area contributed by atoms with E-state index < -0.39 is 5.41 Å². The first-order valence-corrected chi connectivity index (χ1v) is 6.02. The van der Waals surface area contributed by atoms with E-state index in [9.17, 15) is 4.79 Å². The third-order valence-electron chi connectivity index (χ3n) is 3.66. The summed E-state index contributed by atoms with van der Waals surface area (Å²) in [7, 11) is 0. The summed E-state index contributed by atoms with van der Waals surface area (Å²) in [5.41, 5.74) is -0.771. The van der Waals surface area contributed by atoms with Crippen molar-refractivity contribution in [2.75, 3.05) is 0 Å². The van der Waals surface area contributed by atoms with Crippen LogP contribution in [-0.4, -0.2) is 11.9 Å². The first-order chi connectivity index (χ1) is 7.29. The summed E-state index contributed by atoms with van der Waals surface area (Å²) in [5, 5.41) is 12.0. The van der Waals surface area contributed by atoms with Crippen molar-refractivity contribution in [3.05, 3.63) is 0 Å². The van der Waals surface area contributed by atoms with Crippen molar-refractivity contribution in [3.8, 4) is 6.07 Å². The number of amides is 1. The molecule has 1 aliphatic rings. The van der Waals surface area contributed by atoms with Crippen LogP contribution in [0.2, 0.25) is 0 Å². The van der Waals surface area contributed by atoms with E-state index >= 15 is 0 Å². The molecule has 1 saturated carbocycles. The minimum absolute atomic E-state index is 0.144. The van der Waals surface area contributed by atoms with E-state index in [1.54, 1.807) is 13.8 Å². The van der Waals surface area contributed by atoms with E-state index in [-0.39, 0.29) is 17.4 Å². The largest absolute Gasteiger partial charge is 0.351 e. The minimum atomic E-state index is -0.923. The summed E-state index contributed by atoms with van der Waals surface area (Å²) in [6, 6.07) is 2.26. The van der Waals surface area contributed by atoms with Gasteiger partial charge < -0.3 is 5.32 Å². The van der Waals surface area contributed by atoms with Crippen molar-refractivity contribution in [3.63, 3.8) is 0 Å². The predicted octanol–water partition coefficient (Wildman–Crippen LogP) is 2.62. The normalized spacial score (nSPS) is 24.6. The molecule has 1 atom stereocenters. The van der Waals surface area contributed by atoms with Crippen LogP contribution in [-0.2, 0) is 4.79 Å². The molecule has 3 nitrogen and oxygen atoms in total. The van der Waals surface area contributed by atoms with Crippen LogP contribution >= 0.6 is 0 Å².